The van der Waals surface area contributed by atoms with Crippen LogP contribution in [-0.2, 0) is 0 Å². The smallest absolute Gasteiger partial charge is 0.00682 e. The maximum absolute atomic E-state index is 4.17. The molecule has 2 aromatic carbocycles. The van der Waals surface area contributed by atoms with Crippen molar-refractivity contribution in [3.05, 3.63) is 59.0 Å². The Labute approximate surface area is 130 Å². The van der Waals surface area contributed by atoms with Gasteiger partial charge in [0, 0.05) is 0 Å². The fraction of sp³-hybridized carbons (Fsp3) is 0.333. The molecule has 2 rings (SSSR count). The molecule has 0 saturated heterocycles. The molecule has 0 heterocycles. The molecule has 0 saturated carbocycles. The minimum absolute atomic E-state index is 0. The van der Waals surface area contributed by atoms with E-state index < -0.39 is 0 Å². The quantitative estimate of drug-likeness (QED) is 0.692. The fourth-order valence-electron chi connectivity index (χ4n) is 2.48. The van der Waals surface area contributed by atoms with Crippen LogP contribution in [0.2, 0.25) is 0 Å². The highest BCUT2D eigenvalue weighted by Gasteiger charge is 2.07. The van der Waals surface area contributed by atoms with E-state index in [0.717, 1.165) is 5.22 Å². The van der Waals surface area contributed by atoms with E-state index in [1.165, 1.54) is 27.1 Å². The Balaban J connectivity index is 0.00000128. The average Bonchev–Trinajstić information content (AvgIpc) is 2.47. The lowest BCUT2D eigenvalue weighted by Crippen LogP contribution is -2.26. The number of hydrogen-bond acceptors (Lipinski definition) is 0. The second-order valence-electron chi connectivity index (χ2n) is 5.09. The highest BCUT2D eigenvalue weighted by Crippen LogP contribution is 2.22. The average molecular weight is 282 g/mol. The molecule has 0 bridgehead atoms. The van der Waals surface area contributed by atoms with Crippen LogP contribution in [0.4, 0.5) is 0 Å². The maximum atomic E-state index is 4.17. The molecule has 0 unspecified atom stereocenters. The Morgan fingerprint density at radius 2 is 1.71 bits per heavy atom. The van der Waals surface area contributed by atoms with Crippen LogP contribution in [0.25, 0.3) is 22.9 Å². The van der Waals surface area contributed by atoms with Gasteiger partial charge in [-0.05, 0) is 45.2 Å². The summed E-state index contributed by atoms with van der Waals surface area (Å²) in [7, 11) is 0. The van der Waals surface area contributed by atoms with Crippen molar-refractivity contribution in [3.63, 3.8) is 0 Å². The molecule has 0 atom stereocenters. The number of rotatable bonds is 2. The lowest BCUT2D eigenvalue weighted by Gasteiger charge is -2.12. The Hall–Kier alpha value is -1.82. The summed E-state index contributed by atoms with van der Waals surface area (Å²) in [6, 6.07) is 10.8. The van der Waals surface area contributed by atoms with Gasteiger partial charge in [-0.3, -0.25) is 0 Å². The topological polar surface area (TPSA) is 0 Å². The fourth-order valence-corrected chi connectivity index (χ4v) is 2.48. The molecule has 0 spiro atoms. The maximum Gasteiger partial charge on any atom is -0.00682 e. The van der Waals surface area contributed by atoms with Gasteiger partial charge in [0.05, 0.1) is 0 Å². The molecule has 0 N–H and O–H groups in total. The van der Waals surface area contributed by atoms with Gasteiger partial charge in [-0.1, -0.05) is 84.7 Å². The van der Waals surface area contributed by atoms with Crippen molar-refractivity contribution in [1.29, 1.82) is 0 Å². The molecule has 0 aliphatic rings. The number of benzene rings is 2. The Morgan fingerprint density at radius 3 is 2.24 bits per heavy atom. The standard InChI is InChI=1S/C18H20.C2H6.CH4/c1-6-13(4)17-14(5)10-11-15-8-7-9-16(12(2)3)18(15)17;1-2;/h6-12H,1,5H2,2-4H3;1-2H3;1H4/b17-13+;;. The first kappa shape index (κ1) is 19.2. The number of hydrogen-bond donors (Lipinski definition) is 0. The van der Waals surface area contributed by atoms with Crippen molar-refractivity contribution in [1.82, 2.24) is 0 Å². The molecule has 0 heteroatoms. The van der Waals surface area contributed by atoms with Crippen LogP contribution in [0.5, 0.6) is 0 Å². The van der Waals surface area contributed by atoms with E-state index in [4.69, 9.17) is 0 Å². The van der Waals surface area contributed by atoms with Gasteiger partial charge in [-0.15, -0.1) is 0 Å². The SMILES string of the molecule is C.C=C/C(C)=c1\c(=C)ccc2cccc(C(C)C)c12.CC. The molecular formula is C21H30. The van der Waals surface area contributed by atoms with Crippen LogP contribution in [0.3, 0.4) is 0 Å². The van der Waals surface area contributed by atoms with Gasteiger partial charge in [0.1, 0.15) is 0 Å². The Morgan fingerprint density at radius 1 is 1.10 bits per heavy atom. The van der Waals surface area contributed by atoms with E-state index in [-0.39, 0.29) is 7.43 Å². The van der Waals surface area contributed by atoms with Gasteiger partial charge in [0.25, 0.3) is 0 Å². The summed E-state index contributed by atoms with van der Waals surface area (Å²) >= 11 is 0. The minimum atomic E-state index is 0. The first-order valence-electron chi connectivity index (χ1n) is 7.40. The second-order valence-corrected chi connectivity index (χ2v) is 5.09. The van der Waals surface area contributed by atoms with E-state index in [1.807, 2.05) is 19.9 Å². The molecular weight excluding hydrogens is 252 g/mol. The van der Waals surface area contributed by atoms with E-state index in [1.54, 1.807) is 0 Å². The highest BCUT2D eigenvalue weighted by atomic mass is 14.1. The molecule has 2 aromatic rings. The molecule has 21 heavy (non-hydrogen) atoms. The van der Waals surface area contributed by atoms with E-state index in [0.29, 0.717) is 5.92 Å². The lowest BCUT2D eigenvalue weighted by atomic mass is 9.93. The predicted octanol–water partition coefficient (Wildman–Crippen LogP) is 5.39. The van der Waals surface area contributed by atoms with Gasteiger partial charge < -0.3 is 0 Å². The molecule has 0 fully saturated rings. The third-order valence-electron chi connectivity index (χ3n) is 3.49. The van der Waals surface area contributed by atoms with Crippen molar-refractivity contribution in [2.45, 2.75) is 48.0 Å². The zero-order chi connectivity index (χ0) is 15.3. The van der Waals surface area contributed by atoms with Crippen molar-refractivity contribution in [2.24, 2.45) is 0 Å². The molecule has 0 aliphatic carbocycles. The summed E-state index contributed by atoms with van der Waals surface area (Å²) in [6.07, 6.45) is 1.92. The van der Waals surface area contributed by atoms with Crippen LogP contribution in [0.15, 0.2) is 43.0 Å². The monoisotopic (exact) mass is 282 g/mol. The van der Waals surface area contributed by atoms with E-state index >= 15 is 0 Å². The molecule has 0 aliphatic heterocycles. The minimum Gasteiger partial charge on any atom is -0.0988 e. The van der Waals surface area contributed by atoms with Crippen LogP contribution < -0.4 is 10.4 Å². The van der Waals surface area contributed by atoms with Gasteiger partial charge in [-0.2, -0.15) is 0 Å². The van der Waals surface area contributed by atoms with Crippen LogP contribution in [0, 0.1) is 0 Å². The summed E-state index contributed by atoms with van der Waals surface area (Å²) < 4.78 is 0. The zero-order valence-electron chi connectivity index (χ0n) is 13.5. The third kappa shape index (κ3) is 3.85. The van der Waals surface area contributed by atoms with Crippen molar-refractivity contribution >= 4 is 22.9 Å². The largest absolute Gasteiger partial charge is 0.0988 e. The summed E-state index contributed by atoms with van der Waals surface area (Å²) in [5.41, 5.74) is 2.58. The van der Waals surface area contributed by atoms with E-state index in [9.17, 15) is 0 Å². The normalized spacial score (nSPS) is 11.3. The molecule has 0 amide bonds. The van der Waals surface area contributed by atoms with Gasteiger partial charge >= 0.3 is 0 Å². The first-order chi connectivity index (χ1) is 9.56. The van der Waals surface area contributed by atoms with E-state index in [2.05, 4.69) is 64.3 Å². The Bertz CT molecular complexity index is 703. The molecule has 0 radical (unpaired) electrons. The number of allylic oxidation sites excluding steroid dienone is 1. The van der Waals surface area contributed by atoms with Gasteiger partial charge in [0.15, 0.2) is 0 Å². The third-order valence-corrected chi connectivity index (χ3v) is 3.49. The zero-order valence-corrected chi connectivity index (χ0v) is 13.5. The summed E-state index contributed by atoms with van der Waals surface area (Å²) in [4.78, 5) is 0. The summed E-state index contributed by atoms with van der Waals surface area (Å²) in [6.45, 7) is 18.6. The number of fused-ring (bicyclic) bond motifs is 1. The lowest BCUT2D eigenvalue weighted by molar-refractivity contribution is 0.875. The first-order valence-corrected chi connectivity index (χ1v) is 7.40. The highest BCUT2D eigenvalue weighted by molar-refractivity contribution is 5.89. The van der Waals surface area contributed by atoms with Crippen molar-refractivity contribution in [3.8, 4) is 0 Å². The summed E-state index contributed by atoms with van der Waals surface area (Å²) in [5, 5.41) is 4.93. The van der Waals surface area contributed by atoms with Crippen LogP contribution in [0.1, 0.15) is 53.5 Å². The molecule has 0 nitrogen and oxygen atoms in total. The summed E-state index contributed by atoms with van der Waals surface area (Å²) in [5.74, 6) is 0.506. The van der Waals surface area contributed by atoms with Crippen molar-refractivity contribution < 1.29 is 0 Å². The van der Waals surface area contributed by atoms with Gasteiger partial charge in [0.2, 0.25) is 0 Å². The second kappa shape index (κ2) is 8.46. The molecule has 0 aromatic heterocycles. The van der Waals surface area contributed by atoms with Crippen LogP contribution >= 0.6 is 0 Å². The van der Waals surface area contributed by atoms with Crippen LogP contribution in [-0.4, -0.2) is 0 Å². The van der Waals surface area contributed by atoms with Gasteiger partial charge in [-0.25, -0.2) is 0 Å². The Kier molecular flexibility index (Phi) is 7.73. The predicted molar refractivity (Wildman–Crippen MR) is 100 cm³/mol. The van der Waals surface area contributed by atoms with Crippen molar-refractivity contribution in [2.75, 3.05) is 0 Å². The molecule has 114 valence electrons.